The van der Waals surface area contributed by atoms with Crippen molar-refractivity contribution >= 4 is 60.3 Å². The molecule has 3 aromatic rings. The van der Waals surface area contributed by atoms with E-state index in [1.807, 2.05) is 20.8 Å². The Hall–Kier alpha value is -7.05. The van der Waals surface area contributed by atoms with Crippen molar-refractivity contribution in [3.05, 3.63) is 112 Å². The monoisotopic (exact) mass is 1360 g/mol. The van der Waals surface area contributed by atoms with Gasteiger partial charge in [-0.1, -0.05) is 41.0 Å². The van der Waals surface area contributed by atoms with Crippen molar-refractivity contribution in [2.24, 2.45) is 5.73 Å². The molecule has 31 nitrogen and oxygen atoms in total. The molecule has 17 atom stereocenters. The number of rotatable bonds is 26. The van der Waals surface area contributed by atoms with E-state index < -0.39 is 167 Å². The first-order valence-corrected chi connectivity index (χ1v) is 31.8. The lowest BCUT2D eigenvalue weighted by Gasteiger charge is -2.49. The number of nitrogens with two attached hydrogens (primary N) is 1. The van der Waals surface area contributed by atoms with Crippen LogP contribution in [0.25, 0.3) is 0 Å². The fourth-order valence-corrected chi connectivity index (χ4v) is 12.9. The summed E-state index contributed by atoms with van der Waals surface area (Å²) in [5, 5.41) is 119. The molecular formula is C61H78N5O26PS. The van der Waals surface area contributed by atoms with Gasteiger partial charge >= 0.3 is 19.5 Å². The summed E-state index contributed by atoms with van der Waals surface area (Å²) in [7, 11) is -5.57. The molecule has 8 rings (SSSR count). The van der Waals surface area contributed by atoms with Crippen molar-refractivity contribution in [2.75, 3.05) is 38.3 Å². The Bertz CT molecular complexity index is 3390. The van der Waals surface area contributed by atoms with E-state index in [-0.39, 0.29) is 46.0 Å². The molecule has 3 fully saturated rings. The molecule has 10 unspecified atom stereocenters. The number of hydrogen-bond acceptors (Lipinski definition) is 25. The number of aliphatic hydroxyl groups excluding tert-OH is 7. The first kappa shape index (κ1) is 72.8. The van der Waals surface area contributed by atoms with E-state index in [2.05, 4.69) is 33.4 Å². The van der Waals surface area contributed by atoms with E-state index in [4.69, 9.17) is 60.4 Å². The number of ether oxygens (including phenoxy) is 8. The highest BCUT2D eigenvalue weighted by Crippen LogP contribution is 2.58. The van der Waals surface area contributed by atoms with Crippen molar-refractivity contribution in [1.29, 1.82) is 0 Å². The zero-order valence-electron chi connectivity index (χ0n) is 51.5. The lowest BCUT2D eigenvalue weighted by molar-refractivity contribution is -0.345. The number of carbonyl (C=O) groups is 5. The number of nitrogens with one attached hydrogen (secondary N) is 4. The van der Waals surface area contributed by atoms with Crippen LogP contribution in [0.2, 0.25) is 0 Å². The highest BCUT2D eigenvalue weighted by Gasteiger charge is 2.59. The summed E-state index contributed by atoms with van der Waals surface area (Å²) in [4.78, 5) is 76.5. The van der Waals surface area contributed by atoms with Gasteiger partial charge in [-0.05, 0) is 102 Å². The number of allylic oxidation sites excluding steroid dienone is 5. The number of aliphatic carboxylic acids is 1. The number of phenolic OH excluding ortho intramolecular Hbond substituents is 2. The topological polar surface area (TPSA) is 482 Å². The summed E-state index contributed by atoms with van der Waals surface area (Å²) in [5.74, 6) is -8.18. The normalized spacial score (nSPS) is 28.8. The summed E-state index contributed by atoms with van der Waals surface area (Å²) < 4.78 is 66.3. The highest BCUT2D eigenvalue weighted by atomic mass is 32.1. The molecular weight excluding hydrogens is 1280 g/mol. The van der Waals surface area contributed by atoms with Crippen molar-refractivity contribution < 1.29 is 127 Å². The Morgan fingerprint density at radius 3 is 1.91 bits per heavy atom. The molecule has 3 amide bonds. The van der Waals surface area contributed by atoms with Gasteiger partial charge in [0.05, 0.1) is 38.5 Å². The second kappa shape index (κ2) is 31.2. The zero-order valence-corrected chi connectivity index (χ0v) is 53.2. The summed E-state index contributed by atoms with van der Waals surface area (Å²) in [6, 6.07) is 9.44. The average molecular weight is 1360 g/mol. The average Bonchev–Trinajstić information content (AvgIpc) is 1.48. The van der Waals surface area contributed by atoms with Crippen LogP contribution in [0.4, 0.5) is 5.69 Å². The minimum absolute atomic E-state index is 0.0946. The quantitative estimate of drug-likeness (QED) is 0.0222. The predicted octanol–water partition coefficient (Wildman–Crippen LogP) is 0.252. The lowest BCUT2D eigenvalue weighted by Crippen LogP contribution is -2.70. The number of carbonyl (C=O) groups excluding carboxylic acids is 4. The van der Waals surface area contributed by atoms with Gasteiger partial charge in [-0.15, -0.1) is 0 Å². The summed E-state index contributed by atoms with van der Waals surface area (Å²) in [6.07, 6.45) is -17.8. The van der Waals surface area contributed by atoms with Gasteiger partial charge in [0.1, 0.15) is 90.0 Å². The van der Waals surface area contributed by atoms with Gasteiger partial charge in [-0.25, -0.2) is 9.59 Å². The van der Waals surface area contributed by atoms with Crippen molar-refractivity contribution in [3.63, 3.8) is 0 Å². The summed E-state index contributed by atoms with van der Waals surface area (Å²) >= 11 is 5.47. The number of thiocarbonyl (C=S) groups is 1. The molecule has 5 aliphatic heterocycles. The van der Waals surface area contributed by atoms with Gasteiger partial charge in [0.2, 0.25) is 17.7 Å². The van der Waals surface area contributed by atoms with E-state index in [0.717, 1.165) is 25.3 Å². The van der Waals surface area contributed by atoms with Gasteiger partial charge in [0.25, 0.3) is 0 Å². The third-order valence-corrected chi connectivity index (χ3v) is 18.0. The maximum Gasteiger partial charge on any atom is 0.359 e. The minimum Gasteiger partial charge on any atom is -0.508 e. The number of fused-ring (bicyclic) bond motifs is 6. The number of carboxylic acids is 1. The van der Waals surface area contributed by atoms with Crippen LogP contribution in [0.5, 0.6) is 23.0 Å². The van der Waals surface area contributed by atoms with Crippen LogP contribution >= 0.6 is 19.8 Å². The number of esters is 1. The molecule has 5 aliphatic rings. The van der Waals surface area contributed by atoms with Gasteiger partial charge < -0.3 is 125 Å². The molecule has 33 heteroatoms. The molecule has 3 aromatic carbocycles. The highest BCUT2D eigenvalue weighted by molar-refractivity contribution is 7.80. The maximum atomic E-state index is 14.2. The van der Waals surface area contributed by atoms with E-state index in [1.54, 1.807) is 25.1 Å². The zero-order chi connectivity index (χ0) is 68.7. The Kier molecular flexibility index (Phi) is 24.2. The van der Waals surface area contributed by atoms with Gasteiger partial charge in [0, 0.05) is 41.4 Å². The number of phenols is 2. The summed E-state index contributed by atoms with van der Waals surface area (Å²) in [6.45, 7) is 4.71. The smallest absolute Gasteiger partial charge is 0.359 e. The van der Waals surface area contributed by atoms with Crippen LogP contribution in [0.1, 0.15) is 87.4 Å². The molecule has 0 saturated carbocycles. The maximum absolute atomic E-state index is 14.2. The molecule has 3 saturated heterocycles. The second-order valence-corrected chi connectivity index (χ2v) is 25.7. The largest absolute Gasteiger partial charge is 0.508 e. The Labute approximate surface area is 543 Å². The molecule has 0 bridgehead atoms. The van der Waals surface area contributed by atoms with E-state index in [9.17, 15) is 84.5 Å². The molecule has 17 N–H and O–H groups in total. The van der Waals surface area contributed by atoms with Crippen molar-refractivity contribution in [1.82, 2.24) is 16.0 Å². The standard InChI is InChI=1S/C61H78N5O26PS/c1-27(2)8-6-9-28(3)10-7-11-29(4)18-19-84-42(55(79)80)26-85-93(82,83)59-53(50(77)49(76)52(91-59)54(62)78)90-58-45(64-30(5)69)48(75)51(41(25-68)88-58)89-57-44(47(74)46(73)40(24-67)87-57)66-43(72)23-63-60(94)65-31-12-15-35-34(20-31)56(81)92-61(35)36-16-13-32(70)21-38(36)86-39-22-33(71)14-17-37(39)61/h8,10,12-18,20-22,40-42,44-53,57-59,67-68,70-71,73-77H,6-7,9,11,19,23-26H2,1-5H3,(H2,62,78)(H,64,69)(H,66,72)(H,79,80)(H,82,83)(H2,63,65,94)/b28-10+,29-18-/t40?,41?,42-,44?,45?,46+,47?,48?,49-,50?,51-,52?,53?,57+,58+,59+/m1/s1. The fourth-order valence-electron chi connectivity index (χ4n) is 11.3. The van der Waals surface area contributed by atoms with Crippen LogP contribution in [-0.4, -0.2) is 221 Å². The molecule has 94 heavy (non-hydrogen) atoms. The van der Waals surface area contributed by atoms with E-state index in [1.165, 1.54) is 53.6 Å². The predicted molar refractivity (Wildman–Crippen MR) is 329 cm³/mol. The molecule has 514 valence electrons. The van der Waals surface area contributed by atoms with Gasteiger partial charge in [-0.2, -0.15) is 0 Å². The van der Waals surface area contributed by atoms with Crippen molar-refractivity contribution in [2.45, 2.75) is 164 Å². The molecule has 0 radical (unpaired) electrons. The third-order valence-electron chi connectivity index (χ3n) is 16.2. The van der Waals surface area contributed by atoms with Crippen LogP contribution in [-0.2, 0) is 67.0 Å². The first-order valence-electron chi connectivity index (χ1n) is 29.8. The second-order valence-electron chi connectivity index (χ2n) is 23.4. The summed E-state index contributed by atoms with van der Waals surface area (Å²) in [5.41, 5.74) is 8.60. The van der Waals surface area contributed by atoms with Gasteiger partial charge in [-0.3, -0.25) is 18.9 Å². The number of aliphatic hydroxyl groups is 7. The number of amides is 3. The molecule has 5 heterocycles. The van der Waals surface area contributed by atoms with Crippen LogP contribution in [0.15, 0.2) is 89.5 Å². The Balaban J connectivity index is 0.935. The minimum atomic E-state index is -5.57. The molecule has 0 aromatic heterocycles. The molecule has 0 aliphatic carbocycles. The Morgan fingerprint density at radius 2 is 1.32 bits per heavy atom. The number of primary amides is 1. The van der Waals surface area contributed by atoms with Crippen LogP contribution < -0.4 is 31.7 Å². The first-order chi connectivity index (χ1) is 44.5. The third kappa shape index (κ3) is 16.6. The lowest BCUT2D eigenvalue weighted by atomic mass is 9.77. The van der Waals surface area contributed by atoms with E-state index >= 15 is 0 Å². The number of anilines is 1. The number of benzene rings is 3. The van der Waals surface area contributed by atoms with Crippen LogP contribution in [0, 0.1) is 0 Å². The fraction of sp³-hybridized carbons (Fsp3) is 0.508. The SMILES string of the molecule is CC(=O)NC1C(O)[C@H](O[C@@H]2OC(CO)[C@H](O)C(O)C2NC(=O)CNC(=S)Nc2ccc3c(c2)C(=O)OC32c3ccc(O)cc3Oc3cc(O)ccc32)C(CO)O[C@H]1OC1C(O)[C@@H](O)C(C(N)=O)O[C@H]1P(=O)(O)OC[C@@H](OC/C=C(/C)CC/C=C(\C)CCC=C(C)C)C(=O)O. The number of aromatic hydroxyl groups is 2. The van der Waals surface area contributed by atoms with Crippen LogP contribution in [0.3, 0.4) is 0 Å². The molecule has 1 spiro atoms. The van der Waals surface area contributed by atoms with Gasteiger partial charge in [0.15, 0.2) is 41.3 Å². The van der Waals surface area contributed by atoms with E-state index in [0.29, 0.717) is 29.5 Å². The number of carboxylic acid groups (broad SMARTS) is 1. The Morgan fingerprint density at radius 1 is 0.734 bits per heavy atom. The van der Waals surface area contributed by atoms with Crippen molar-refractivity contribution in [3.8, 4) is 23.0 Å². The number of hydrogen-bond donors (Lipinski definition) is 16.